The fourth-order valence-electron chi connectivity index (χ4n) is 3.27. The molecule has 1 saturated heterocycles. The lowest BCUT2D eigenvalue weighted by molar-refractivity contribution is 0.0516. The van der Waals surface area contributed by atoms with Crippen molar-refractivity contribution in [3.63, 3.8) is 0 Å². The van der Waals surface area contributed by atoms with Crippen molar-refractivity contribution < 1.29 is 9.47 Å². The minimum atomic E-state index is 0.205. The highest BCUT2D eigenvalue weighted by Crippen LogP contribution is 2.29. The van der Waals surface area contributed by atoms with Crippen LogP contribution >= 0.6 is 0 Å². The Bertz CT molecular complexity index is 637. The molecule has 1 atom stereocenters. The topological polar surface area (TPSA) is 61.2 Å². The van der Waals surface area contributed by atoms with Crippen LogP contribution in [0.25, 0.3) is 0 Å². The van der Waals surface area contributed by atoms with Crippen LogP contribution in [0.5, 0.6) is 5.88 Å². The third kappa shape index (κ3) is 3.94. The lowest BCUT2D eigenvalue weighted by atomic mass is 9.91. The van der Waals surface area contributed by atoms with Crippen molar-refractivity contribution in [3.05, 3.63) is 42.1 Å². The van der Waals surface area contributed by atoms with E-state index in [2.05, 4.69) is 26.8 Å². The van der Waals surface area contributed by atoms with E-state index in [9.17, 15) is 0 Å². The lowest BCUT2D eigenvalue weighted by Gasteiger charge is -2.31. The molecule has 1 aliphatic heterocycles. The summed E-state index contributed by atoms with van der Waals surface area (Å²) in [6, 6.07) is 6.06. The van der Waals surface area contributed by atoms with Gasteiger partial charge in [0.2, 0.25) is 5.88 Å². The molecule has 0 saturated carbocycles. The number of ether oxygens (including phenoxy) is 2. The van der Waals surface area contributed by atoms with Gasteiger partial charge in [-0.05, 0) is 31.7 Å². The molecule has 1 fully saturated rings. The Morgan fingerprint density at radius 3 is 2.96 bits per heavy atom. The standard InChI is InChI=1S/C18H26N4O2/c1-3-22-10-9-19-18(22)17(14-7-11-24-12-8-14)20-13-15-5-4-6-16(21-15)23-2/h4-6,9-10,14,17,20H,3,7-8,11-13H2,1-2H3. The lowest BCUT2D eigenvalue weighted by Crippen LogP contribution is -2.34. The van der Waals surface area contributed by atoms with Crippen molar-refractivity contribution in [2.24, 2.45) is 5.92 Å². The quantitative estimate of drug-likeness (QED) is 0.845. The van der Waals surface area contributed by atoms with Gasteiger partial charge in [0.1, 0.15) is 5.82 Å². The summed E-state index contributed by atoms with van der Waals surface area (Å²) in [5.74, 6) is 2.27. The third-order valence-corrected chi connectivity index (χ3v) is 4.60. The first-order valence-corrected chi connectivity index (χ1v) is 8.64. The summed E-state index contributed by atoms with van der Waals surface area (Å²) in [5.41, 5.74) is 0.973. The predicted molar refractivity (Wildman–Crippen MR) is 91.8 cm³/mol. The molecule has 1 aliphatic rings. The number of aromatic nitrogens is 3. The smallest absolute Gasteiger partial charge is 0.213 e. The van der Waals surface area contributed by atoms with Crippen molar-refractivity contribution in [1.82, 2.24) is 19.9 Å². The molecule has 1 unspecified atom stereocenters. The molecule has 0 amide bonds. The first kappa shape index (κ1) is 16.9. The third-order valence-electron chi connectivity index (χ3n) is 4.60. The number of methoxy groups -OCH3 is 1. The molecule has 2 aromatic heterocycles. The van der Waals surface area contributed by atoms with Gasteiger partial charge < -0.3 is 19.4 Å². The van der Waals surface area contributed by atoms with Crippen molar-refractivity contribution in [3.8, 4) is 5.88 Å². The van der Waals surface area contributed by atoms with E-state index in [1.807, 2.05) is 30.6 Å². The number of nitrogens with one attached hydrogen (secondary N) is 1. The largest absolute Gasteiger partial charge is 0.481 e. The highest BCUT2D eigenvalue weighted by molar-refractivity contribution is 5.16. The van der Waals surface area contributed by atoms with Crippen LogP contribution in [0.2, 0.25) is 0 Å². The van der Waals surface area contributed by atoms with Crippen LogP contribution in [0.3, 0.4) is 0 Å². The van der Waals surface area contributed by atoms with Crippen LogP contribution in [-0.2, 0) is 17.8 Å². The number of nitrogens with zero attached hydrogens (tertiary/aromatic N) is 3. The van der Waals surface area contributed by atoms with Gasteiger partial charge in [-0.15, -0.1) is 0 Å². The first-order valence-electron chi connectivity index (χ1n) is 8.64. The summed E-state index contributed by atoms with van der Waals surface area (Å²) in [4.78, 5) is 9.12. The number of hydrogen-bond acceptors (Lipinski definition) is 5. The highest BCUT2D eigenvalue weighted by Gasteiger charge is 2.28. The maximum atomic E-state index is 5.53. The van der Waals surface area contributed by atoms with Crippen LogP contribution < -0.4 is 10.1 Å². The Balaban J connectivity index is 1.76. The summed E-state index contributed by atoms with van der Waals surface area (Å²) in [6.07, 6.45) is 6.04. The van der Waals surface area contributed by atoms with Gasteiger partial charge in [0.15, 0.2) is 0 Å². The van der Waals surface area contributed by atoms with E-state index in [-0.39, 0.29) is 6.04 Å². The average Bonchev–Trinajstić information content (AvgIpc) is 3.11. The second kappa shape index (κ2) is 8.26. The minimum absolute atomic E-state index is 0.205. The van der Waals surface area contributed by atoms with E-state index in [0.717, 1.165) is 44.1 Å². The fraction of sp³-hybridized carbons (Fsp3) is 0.556. The maximum absolute atomic E-state index is 5.53. The molecule has 0 radical (unpaired) electrons. The fourth-order valence-corrected chi connectivity index (χ4v) is 3.27. The van der Waals surface area contributed by atoms with Crippen molar-refractivity contribution in [1.29, 1.82) is 0 Å². The van der Waals surface area contributed by atoms with Crippen molar-refractivity contribution >= 4 is 0 Å². The minimum Gasteiger partial charge on any atom is -0.481 e. The average molecular weight is 330 g/mol. The van der Waals surface area contributed by atoms with Crippen LogP contribution in [0.4, 0.5) is 0 Å². The highest BCUT2D eigenvalue weighted by atomic mass is 16.5. The molecular formula is C18H26N4O2. The molecule has 1 N–H and O–H groups in total. The molecule has 0 aliphatic carbocycles. The Hall–Kier alpha value is -1.92. The Kier molecular flexibility index (Phi) is 5.82. The maximum Gasteiger partial charge on any atom is 0.213 e. The Morgan fingerprint density at radius 2 is 2.21 bits per heavy atom. The van der Waals surface area contributed by atoms with E-state index in [4.69, 9.17) is 9.47 Å². The summed E-state index contributed by atoms with van der Waals surface area (Å²) in [7, 11) is 1.64. The van der Waals surface area contributed by atoms with Gasteiger partial charge in [-0.25, -0.2) is 9.97 Å². The number of imidazole rings is 1. The molecule has 24 heavy (non-hydrogen) atoms. The number of pyridine rings is 1. The molecule has 2 aromatic rings. The predicted octanol–water partition coefficient (Wildman–Crippen LogP) is 2.56. The molecule has 0 spiro atoms. The zero-order valence-corrected chi connectivity index (χ0v) is 14.4. The van der Waals surface area contributed by atoms with Gasteiger partial charge in [0.05, 0.1) is 18.8 Å². The summed E-state index contributed by atoms with van der Waals surface area (Å²) >= 11 is 0. The van der Waals surface area contributed by atoms with E-state index in [1.54, 1.807) is 7.11 Å². The first-order chi connectivity index (χ1) is 11.8. The molecule has 0 aromatic carbocycles. The summed E-state index contributed by atoms with van der Waals surface area (Å²) < 4.78 is 13.0. The van der Waals surface area contributed by atoms with Crippen LogP contribution in [0.1, 0.15) is 37.3 Å². The molecule has 130 valence electrons. The van der Waals surface area contributed by atoms with Crippen LogP contribution in [0, 0.1) is 5.92 Å². The van der Waals surface area contributed by atoms with Gasteiger partial charge >= 0.3 is 0 Å². The van der Waals surface area contributed by atoms with E-state index in [0.29, 0.717) is 18.3 Å². The Labute approximate surface area is 143 Å². The molecule has 0 bridgehead atoms. The Morgan fingerprint density at radius 1 is 1.38 bits per heavy atom. The monoisotopic (exact) mass is 330 g/mol. The molecule has 3 heterocycles. The van der Waals surface area contributed by atoms with Crippen molar-refractivity contribution in [2.75, 3.05) is 20.3 Å². The van der Waals surface area contributed by atoms with E-state index >= 15 is 0 Å². The zero-order chi connectivity index (χ0) is 16.8. The number of rotatable bonds is 7. The normalized spacial score (nSPS) is 16.9. The van der Waals surface area contributed by atoms with Crippen molar-refractivity contribution in [2.45, 2.75) is 38.9 Å². The molecular weight excluding hydrogens is 304 g/mol. The summed E-state index contributed by atoms with van der Waals surface area (Å²) in [5, 5.41) is 3.68. The molecule has 6 heteroatoms. The van der Waals surface area contributed by atoms with Crippen LogP contribution in [0.15, 0.2) is 30.6 Å². The SMILES string of the molecule is CCn1ccnc1C(NCc1cccc(OC)n1)C1CCOCC1. The molecule has 3 rings (SSSR count). The second-order valence-electron chi connectivity index (χ2n) is 6.05. The van der Waals surface area contributed by atoms with Gasteiger partial charge in [0.25, 0.3) is 0 Å². The number of hydrogen-bond donors (Lipinski definition) is 1. The van der Waals surface area contributed by atoms with E-state index < -0.39 is 0 Å². The van der Waals surface area contributed by atoms with Gasteiger partial charge in [-0.3, -0.25) is 0 Å². The van der Waals surface area contributed by atoms with Crippen LogP contribution in [-0.4, -0.2) is 34.9 Å². The second-order valence-corrected chi connectivity index (χ2v) is 6.05. The van der Waals surface area contributed by atoms with Gasteiger partial charge in [0, 0.05) is 44.8 Å². The van der Waals surface area contributed by atoms with E-state index in [1.165, 1.54) is 0 Å². The number of aryl methyl sites for hydroxylation is 1. The molecule has 6 nitrogen and oxygen atoms in total. The van der Waals surface area contributed by atoms with Gasteiger partial charge in [-0.1, -0.05) is 6.07 Å². The zero-order valence-electron chi connectivity index (χ0n) is 14.4. The van der Waals surface area contributed by atoms with Gasteiger partial charge in [-0.2, -0.15) is 0 Å². The summed E-state index contributed by atoms with van der Waals surface area (Å²) in [6.45, 7) is 5.42.